The maximum Gasteiger partial charge on any atom is 0.350 e. The fourth-order valence-corrected chi connectivity index (χ4v) is 5.03. The Labute approximate surface area is 207 Å². The van der Waals surface area contributed by atoms with Crippen LogP contribution < -0.4 is 15.3 Å². The largest absolute Gasteiger partial charge is 0.378 e. The second-order valence-electron chi connectivity index (χ2n) is 8.17. The van der Waals surface area contributed by atoms with Gasteiger partial charge in [-0.1, -0.05) is 35.6 Å². The first kappa shape index (κ1) is 23.0. The van der Waals surface area contributed by atoms with Crippen molar-refractivity contribution in [3.8, 4) is 21.7 Å². The quantitative estimate of drug-likeness (QED) is 0.288. The molecule has 35 heavy (non-hydrogen) atoms. The van der Waals surface area contributed by atoms with Crippen molar-refractivity contribution in [3.05, 3.63) is 78.6 Å². The molecule has 1 aliphatic heterocycles. The Balaban J connectivity index is 1.47. The van der Waals surface area contributed by atoms with Crippen LogP contribution >= 0.6 is 11.3 Å². The molecule has 2 amide bonds. The van der Waals surface area contributed by atoms with E-state index in [0.29, 0.717) is 29.7 Å². The van der Waals surface area contributed by atoms with E-state index in [1.807, 2.05) is 49.4 Å². The number of nitrogens with zero attached hydrogens (tertiary/aromatic N) is 4. The van der Waals surface area contributed by atoms with E-state index >= 15 is 0 Å². The molecule has 0 aliphatic carbocycles. The predicted molar refractivity (Wildman–Crippen MR) is 138 cm³/mol. The molecule has 3 heterocycles. The Morgan fingerprint density at radius 2 is 1.83 bits per heavy atom. The van der Waals surface area contributed by atoms with E-state index in [2.05, 4.69) is 15.2 Å². The molecule has 5 rings (SSSR count). The molecule has 178 valence electrons. The molecular formula is C26H25N5O3S. The van der Waals surface area contributed by atoms with Gasteiger partial charge in [0.1, 0.15) is 0 Å². The van der Waals surface area contributed by atoms with Crippen LogP contribution in [-0.4, -0.2) is 47.5 Å². The third-order valence-electron chi connectivity index (χ3n) is 5.67. The van der Waals surface area contributed by atoms with Crippen LogP contribution in [0, 0.1) is 6.92 Å². The number of carbonyl (C=O) groups is 1. The summed E-state index contributed by atoms with van der Waals surface area (Å²) in [5.41, 5.74) is 4.63. The first-order valence-electron chi connectivity index (χ1n) is 11.3. The first-order chi connectivity index (χ1) is 17.1. The molecule has 0 spiro atoms. The van der Waals surface area contributed by atoms with E-state index in [1.54, 1.807) is 41.9 Å². The van der Waals surface area contributed by atoms with Gasteiger partial charge >= 0.3 is 6.03 Å². The van der Waals surface area contributed by atoms with Gasteiger partial charge in [-0.15, -0.1) is 0 Å². The monoisotopic (exact) mass is 487 g/mol. The van der Waals surface area contributed by atoms with Gasteiger partial charge in [-0.25, -0.2) is 9.78 Å². The van der Waals surface area contributed by atoms with Gasteiger partial charge in [0.2, 0.25) is 0 Å². The number of urea groups is 1. The van der Waals surface area contributed by atoms with Crippen LogP contribution in [0.15, 0.2) is 73.1 Å². The number of hydrogen-bond donors (Lipinski definition) is 2. The average molecular weight is 488 g/mol. The zero-order valence-corrected chi connectivity index (χ0v) is 20.0. The van der Waals surface area contributed by atoms with Gasteiger partial charge in [0, 0.05) is 36.7 Å². The molecule has 1 fully saturated rings. The standard InChI is InChI=1S/C26H25N5O3S/c1-18-4-2-6-21(16-18)28-25(32)31(33)22-7-3-5-20(17-22)24-23(19-8-10-27-11-9-19)29-26(35-24)30-12-14-34-15-13-30/h2-11,16-17,33H,12-15H2,1H3,(H,28,32). The number of ether oxygens (including phenoxy) is 1. The minimum absolute atomic E-state index is 0.356. The van der Waals surface area contributed by atoms with Gasteiger partial charge < -0.3 is 15.0 Å². The Kier molecular flexibility index (Phi) is 6.71. The number of rotatable bonds is 5. The van der Waals surface area contributed by atoms with E-state index in [1.165, 1.54) is 0 Å². The molecular weight excluding hydrogens is 462 g/mol. The van der Waals surface area contributed by atoms with Crippen molar-refractivity contribution in [1.29, 1.82) is 0 Å². The Morgan fingerprint density at radius 3 is 2.60 bits per heavy atom. The minimum atomic E-state index is -0.639. The van der Waals surface area contributed by atoms with Crippen molar-refractivity contribution >= 4 is 33.9 Å². The molecule has 0 atom stereocenters. The third-order valence-corrected chi connectivity index (χ3v) is 6.83. The zero-order chi connectivity index (χ0) is 24.2. The van der Waals surface area contributed by atoms with E-state index in [-0.39, 0.29) is 0 Å². The maximum absolute atomic E-state index is 12.7. The number of morpholine rings is 1. The Morgan fingerprint density at radius 1 is 1.06 bits per heavy atom. The molecule has 2 aromatic heterocycles. The summed E-state index contributed by atoms with van der Waals surface area (Å²) in [6.45, 7) is 4.85. The summed E-state index contributed by atoms with van der Waals surface area (Å²) < 4.78 is 5.50. The van der Waals surface area contributed by atoms with Crippen LogP contribution in [-0.2, 0) is 4.74 Å². The van der Waals surface area contributed by atoms with Crippen molar-refractivity contribution < 1.29 is 14.7 Å². The lowest BCUT2D eigenvalue weighted by Crippen LogP contribution is -2.36. The van der Waals surface area contributed by atoms with Crippen LogP contribution in [0.2, 0.25) is 0 Å². The molecule has 0 bridgehead atoms. The highest BCUT2D eigenvalue weighted by Crippen LogP contribution is 2.41. The number of aryl methyl sites for hydroxylation is 1. The number of hydrogen-bond acceptors (Lipinski definition) is 7. The number of thiazole rings is 1. The lowest BCUT2D eigenvalue weighted by molar-refractivity contribution is 0.122. The smallest absolute Gasteiger partial charge is 0.350 e. The molecule has 0 saturated carbocycles. The van der Waals surface area contributed by atoms with E-state index < -0.39 is 6.03 Å². The second-order valence-corrected chi connectivity index (χ2v) is 9.15. The summed E-state index contributed by atoms with van der Waals surface area (Å²) in [6.07, 6.45) is 3.49. The van der Waals surface area contributed by atoms with Gasteiger partial charge in [-0.3, -0.25) is 10.2 Å². The number of pyridine rings is 1. The fourth-order valence-electron chi connectivity index (χ4n) is 3.90. The normalized spacial score (nSPS) is 13.5. The second kappa shape index (κ2) is 10.2. The van der Waals surface area contributed by atoms with Crippen LogP contribution in [0.5, 0.6) is 0 Å². The molecule has 2 aromatic carbocycles. The molecule has 8 nitrogen and oxygen atoms in total. The van der Waals surface area contributed by atoms with Crippen LogP contribution in [0.25, 0.3) is 21.7 Å². The predicted octanol–water partition coefficient (Wildman–Crippen LogP) is 5.44. The number of amides is 2. The summed E-state index contributed by atoms with van der Waals surface area (Å²) in [7, 11) is 0. The minimum Gasteiger partial charge on any atom is -0.378 e. The number of aromatic nitrogens is 2. The van der Waals surface area contributed by atoms with E-state index in [9.17, 15) is 10.0 Å². The molecule has 9 heteroatoms. The first-order valence-corrected chi connectivity index (χ1v) is 12.1. The van der Waals surface area contributed by atoms with Gasteiger partial charge in [-0.2, -0.15) is 5.06 Å². The topological polar surface area (TPSA) is 90.8 Å². The van der Waals surface area contributed by atoms with Gasteiger partial charge in [0.05, 0.1) is 29.5 Å². The fraction of sp³-hybridized carbons (Fsp3) is 0.192. The average Bonchev–Trinajstić information content (AvgIpc) is 3.35. The zero-order valence-electron chi connectivity index (χ0n) is 19.2. The highest BCUT2D eigenvalue weighted by Gasteiger charge is 2.22. The summed E-state index contributed by atoms with van der Waals surface area (Å²) in [4.78, 5) is 25.0. The number of benzene rings is 2. The summed E-state index contributed by atoms with van der Waals surface area (Å²) >= 11 is 1.59. The summed E-state index contributed by atoms with van der Waals surface area (Å²) in [6, 6.07) is 17.9. The highest BCUT2D eigenvalue weighted by molar-refractivity contribution is 7.19. The van der Waals surface area contributed by atoms with Crippen LogP contribution in [0.4, 0.5) is 21.3 Å². The molecule has 1 saturated heterocycles. The Hall–Kier alpha value is -3.79. The third kappa shape index (κ3) is 5.17. The summed E-state index contributed by atoms with van der Waals surface area (Å²) in [5, 5.41) is 14.9. The lowest BCUT2D eigenvalue weighted by Gasteiger charge is -2.26. The van der Waals surface area contributed by atoms with Crippen molar-refractivity contribution in [3.63, 3.8) is 0 Å². The van der Waals surface area contributed by atoms with E-state index in [4.69, 9.17) is 9.72 Å². The molecule has 4 aromatic rings. The number of nitrogens with one attached hydrogen (secondary N) is 1. The van der Waals surface area contributed by atoms with Crippen LogP contribution in [0.3, 0.4) is 0 Å². The van der Waals surface area contributed by atoms with Crippen molar-refractivity contribution in [1.82, 2.24) is 9.97 Å². The highest BCUT2D eigenvalue weighted by atomic mass is 32.1. The SMILES string of the molecule is Cc1cccc(NC(=O)N(O)c2cccc(-c3sc(N4CCOCC4)nc3-c3ccncc3)c2)c1. The number of carbonyl (C=O) groups excluding carboxylic acids is 1. The van der Waals surface area contributed by atoms with Crippen molar-refractivity contribution in [2.75, 3.05) is 41.6 Å². The summed E-state index contributed by atoms with van der Waals surface area (Å²) in [5.74, 6) is 0. The van der Waals surface area contributed by atoms with Gasteiger partial charge in [-0.05, 0) is 54.4 Å². The maximum atomic E-state index is 12.7. The number of hydroxylamine groups is 1. The van der Waals surface area contributed by atoms with Gasteiger partial charge in [0.25, 0.3) is 0 Å². The van der Waals surface area contributed by atoms with Crippen molar-refractivity contribution in [2.45, 2.75) is 6.92 Å². The molecule has 0 unspecified atom stereocenters. The molecule has 0 radical (unpaired) electrons. The number of anilines is 3. The van der Waals surface area contributed by atoms with Crippen molar-refractivity contribution in [2.24, 2.45) is 0 Å². The molecule has 1 aliphatic rings. The Bertz CT molecular complexity index is 1320. The van der Waals surface area contributed by atoms with E-state index in [0.717, 1.165) is 45.5 Å². The molecule has 2 N–H and O–H groups in total. The van der Waals surface area contributed by atoms with Gasteiger partial charge in [0.15, 0.2) is 5.13 Å². The van der Waals surface area contributed by atoms with Crippen LogP contribution in [0.1, 0.15) is 5.56 Å². The lowest BCUT2D eigenvalue weighted by atomic mass is 10.1.